The second kappa shape index (κ2) is 11.1. The second-order valence-corrected chi connectivity index (χ2v) is 18.1. The van der Waals surface area contributed by atoms with Crippen LogP contribution in [-0.4, -0.2) is 55.2 Å². The van der Waals surface area contributed by atoms with Gasteiger partial charge in [-0.2, -0.15) is 0 Å². The SMILES string of the molecule is CC(C)(C)OC(=O)N1CCCC[C@H]1[C@]12C[C@@H](O[Si](c3ccccc3)(c3ccccc3)C(C)(C)C)CCC1=CC(=O)O2. The summed E-state index contributed by atoms with van der Waals surface area (Å²) in [5.41, 5.74) is -0.517. The van der Waals surface area contributed by atoms with Crippen LogP contribution in [0.4, 0.5) is 4.79 Å². The molecule has 0 aromatic heterocycles. The molecule has 0 unspecified atom stereocenters. The Bertz CT molecular complexity index is 1240. The maximum absolute atomic E-state index is 13.5. The Morgan fingerprint density at radius 3 is 2.10 bits per heavy atom. The molecular formula is C34H45NO5Si. The Kier molecular flexibility index (Phi) is 7.98. The van der Waals surface area contributed by atoms with Gasteiger partial charge in [-0.15, -0.1) is 0 Å². The molecule has 2 aliphatic heterocycles. The number of hydrogen-bond acceptors (Lipinski definition) is 5. The van der Waals surface area contributed by atoms with E-state index >= 15 is 0 Å². The quantitative estimate of drug-likeness (QED) is 0.317. The van der Waals surface area contributed by atoms with Gasteiger partial charge in [0, 0.05) is 19.0 Å². The average Bonchev–Trinajstić information content (AvgIpc) is 3.27. The molecule has 1 saturated carbocycles. The standard InChI is InChI=1S/C34H45NO5Si/c1-32(2,3)39-31(37)35-22-14-13-19-29(35)34-24-26(21-20-25(34)23-30(36)38-34)40-41(33(4,5)6,27-15-9-7-10-16-27)28-17-11-8-12-18-28/h7-12,15-18,23,26,29H,13-14,19-22,24H2,1-6H3/t26-,29-,34-/m0/s1. The highest BCUT2D eigenvalue weighted by Gasteiger charge is 2.59. The minimum atomic E-state index is -2.82. The molecule has 6 nitrogen and oxygen atoms in total. The van der Waals surface area contributed by atoms with E-state index in [1.807, 2.05) is 25.7 Å². The smallest absolute Gasteiger partial charge is 0.410 e. The van der Waals surface area contributed by atoms with E-state index in [4.69, 9.17) is 13.9 Å². The number of nitrogens with zero attached hydrogens (tertiary/aromatic N) is 1. The summed E-state index contributed by atoms with van der Waals surface area (Å²) in [6.45, 7) is 13.1. The van der Waals surface area contributed by atoms with Crippen molar-refractivity contribution in [2.75, 3.05) is 6.54 Å². The molecule has 1 saturated heterocycles. The van der Waals surface area contributed by atoms with Gasteiger partial charge in [-0.3, -0.25) is 0 Å². The van der Waals surface area contributed by atoms with E-state index in [0.717, 1.165) is 31.3 Å². The Morgan fingerprint density at radius 2 is 1.54 bits per heavy atom. The third kappa shape index (κ3) is 5.63. The lowest BCUT2D eigenvalue weighted by Gasteiger charge is -2.52. The Hall–Kier alpha value is -2.90. The van der Waals surface area contributed by atoms with Crippen molar-refractivity contribution in [2.45, 2.75) is 108 Å². The number of esters is 1. The summed E-state index contributed by atoms with van der Waals surface area (Å²) in [4.78, 5) is 28.2. The summed E-state index contributed by atoms with van der Waals surface area (Å²) < 4.78 is 19.7. The van der Waals surface area contributed by atoms with Gasteiger partial charge in [0.25, 0.3) is 8.32 Å². The van der Waals surface area contributed by atoms with Gasteiger partial charge in [-0.1, -0.05) is 81.4 Å². The highest BCUT2D eigenvalue weighted by Crippen LogP contribution is 2.49. The lowest BCUT2D eigenvalue weighted by Crippen LogP contribution is -2.69. The maximum Gasteiger partial charge on any atom is 0.410 e. The number of piperidine rings is 1. The highest BCUT2D eigenvalue weighted by atomic mass is 28.4. The van der Waals surface area contributed by atoms with Crippen LogP contribution in [-0.2, 0) is 18.7 Å². The lowest BCUT2D eigenvalue weighted by atomic mass is 9.72. The summed E-state index contributed by atoms with van der Waals surface area (Å²) in [7, 11) is -2.82. The predicted molar refractivity (Wildman–Crippen MR) is 164 cm³/mol. The summed E-state index contributed by atoms with van der Waals surface area (Å²) >= 11 is 0. The van der Waals surface area contributed by atoms with Gasteiger partial charge >= 0.3 is 12.1 Å². The lowest BCUT2D eigenvalue weighted by molar-refractivity contribution is -0.158. The van der Waals surface area contributed by atoms with Crippen LogP contribution in [0.5, 0.6) is 0 Å². The molecule has 2 fully saturated rings. The van der Waals surface area contributed by atoms with Crippen LogP contribution < -0.4 is 10.4 Å². The molecule has 2 aromatic carbocycles. The van der Waals surface area contributed by atoms with Crippen LogP contribution in [0.1, 0.15) is 80.1 Å². The van der Waals surface area contributed by atoms with E-state index in [-0.39, 0.29) is 29.2 Å². The molecule has 0 radical (unpaired) electrons. The first-order valence-electron chi connectivity index (χ1n) is 15.1. The van der Waals surface area contributed by atoms with Crippen LogP contribution in [0.2, 0.25) is 5.04 Å². The molecule has 3 aliphatic rings. The van der Waals surface area contributed by atoms with Gasteiger partial charge < -0.3 is 18.8 Å². The molecular weight excluding hydrogens is 530 g/mol. The topological polar surface area (TPSA) is 65.1 Å². The third-order valence-electron chi connectivity index (χ3n) is 8.81. The third-order valence-corrected chi connectivity index (χ3v) is 13.9. The number of benzene rings is 2. The van der Waals surface area contributed by atoms with Crippen molar-refractivity contribution < 1.29 is 23.5 Å². The maximum atomic E-state index is 13.5. The zero-order chi connectivity index (χ0) is 29.5. The monoisotopic (exact) mass is 575 g/mol. The molecule has 220 valence electrons. The van der Waals surface area contributed by atoms with Gasteiger partial charge in [0.05, 0.1) is 12.1 Å². The van der Waals surface area contributed by atoms with Crippen molar-refractivity contribution in [1.29, 1.82) is 0 Å². The molecule has 3 atom stereocenters. The number of carbonyl (C=O) groups excluding carboxylic acids is 2. The number of likely N-dealkylation sites (tertiary alicyclic amines) is 1. The number of ether oxygens (including phenoxy) is 2. The van der Waals surface area contributed by atoms with E-state index in [2.05, 4.69) is 81.4 Å². The highest BCUT2D eigenvalue weighted by molar-refractivity contribution is 6.99. The molecule has 1 aliphatic carbocycles. The molecule has 41 heavy (non-hydrogen) atoms. The van der Waals surface area contributed by atoms with Crippen molar-refractivity contribution in [3.8, 4) is 0 Å². The second-order valence-electron chi connectivity index (χ2n) is 13.8. The van der Waals surface area contributed by atoms with E-state index in [9.17, 15) is 9.59 Å². The van der Waals surface area contributed by atoms with Crippen molar-refractivity contribution in [1.82, 2.24) is 4.90 Å². The van der Waals surface area contributed by atoms with Crippen LogP contribution in [0.3, 0.4) is 0 Å². The molecule has 5 rings (SSSR count). The van der Waals surface area contributed by atoms with Crippen LogP contribution in [0.25, 0.3) is 0 Å². The Balaban J connectivity index is 1.55. The van der Waals surface area contributed by atoms with Crippen molar-refractivity contribution in [3.05, 3.63) is 72.3 Å². The van der Waals surface area contributed by atoms with Crippen LogP contribution >= 0.6 is 0 Å². The van der Waals surface area contributed by atoms with Crippen molar-refractivity contribution >= 4 is 30.8 Å². The number of hydrogen-bond donors (Lipinski definition) is 0. The molecule has 7 heteroatoms. The zero-order valence-electron chi connectivity index (χ0n) is 25.4. The largest absolute Gasteiger partial charge is 0.449 e. The van der Waals surface area contributed by atoms with Crippen LogP contribution in [0, 0.1) is 0 Å². The average molecular weight is 576 g/mol. The molecule has 2 heterocycles. The zero-order valence-corrected chi connectivity index (χ0v) is 26.4. The van der Waals surface area contributed by atoms with Gasteiger partial charge in [-0.05, 0) is 73.9 Å². The summed E-state index contributed by atoms with van der Waals surface area (Å²) in [6, 6.07) is 21.0. The van der Waals surface area contributed by atoms with Crippen molar-refractivity contribution in [3.63, 3.8) is 0 Å². The summed E-state index contributed by atoms with van der Waals surface area (Å²) in [6.07, 6.45) is 5.84. The normalized spacial score (nSPS) is 25.3. The first kappa shape index (κ1) is 29.6. The molecule has 1 amide bonds. The van der Waals surface area contributed by atoms with Gasteiger partial charge in [-0.25, -0.2) is 9.59 Å². The first-order valence-corrected chi connectivity index (χ1v) is 17.0. The Labute approximate surface area is 246 Å². The van der Waals surface area contributed by atoms with Gasteiger partial charge in [0.1, 0.15) is 5.60 Å². The fourth-order valence-corrected chi connectivity index (χ4v) is 11.9. The Morgan fingerprint density at radius 1 is 0.927 bits per heavy atom. The minimum absolute atomic E-state index is 0.147. The number of amides is 1. The predicted octanol–water partition coefficient (Wildman–Crippen LogP) is 6.13. The molecule has 0 N–H and O–H groups in total. The van der Waals surface area contributed by atoms with Gasteiger partial charge in [0.2, 0.25) is 0 Å². The van der Waals surface area contributed by atoms with E-state index in [1.165, 1.54) is 10.4 Å². The number of carbonyl (C=O) groups is 2. The number of fused-ring (bicyclic) bond motifs is 1. The fourth-order valence-electron chi connectivity index (χ4n) is 7.17. The molecule has 0 bridgehead atoms. The first-order chi connectivity index (χ1) is 19.4. The van der Waals surface area contributed by atoms with E-state index < -0.39 is 19.5 Å². The van der Waals surface area contributed by atoms with E-state index in [0.29, 0.717) is 19.4 Å². The summed E-state index contributed by atoms with van der Waals surface area (Å²) in [5.74, 6) is -0.319. The minimum Gasteiger partial charge on any atom is -0.449 e. The fraction of sp³-hybridized carbons (Fsp3) is 0.529. The van der Waals surface area contributed by atoms with E-state index in [1.54, 1.807) is 6.08 Å². The molecule has 0 spiro atoms. The number of rotatable bonds is 5. The van der Waals surface area contributed by atoms with Gasteiger partial charge in [0.15, 0.2) is 5.60 Å². The van der Waals surface area contributed by atoms with Crippen molar-refractivity contribution in [2.24, 2.45) is 0 Å². The summed E-state index contributed by atoms with van der Waals surface area (Å²) in [5, 5.41) is 2.29. The van der Waals surface area contributed by atoms with Crippen LogP contribution in [0.15, 0.2) is 72.3 Å². The molecule has 2 aromatic rings.